The average Bonchev–Trinajstić information content (AvgIpc) is 2.72. The first-order valence-corrected chi connectivity index (χ1v) is 6.17. The Morgan fingerprint density at radius 2 is 2.50 bits per heavy atom. The summed E-state index contributed by atoms with van der Waals surface area (Å²) in [4.78, 5) is 16.3. The molecule has 0 aliphatic carbocycles. The Morgan fingerprint density at radius 1 is 1.72 bits per heavy atom. The molecule has 100 valence electrons. The summed E-state index contributed by atoms with van der Waals surface area (Å²) >= 11 is 0. The van der Waals surface area contributed by atoms with Gasteiger partial charge in [-0.05, 0) is 41.8 Å². The minimum atomic E-state index is -0.426. The van der Waals surface area contributed by atoms with Crippen molar-refractivity contribution in [3.05, 3.63) is 16.4 Å². The van der Waals surface area contributed by atoms with E-state index in [0.29, 0.717) is 11.7 Å². The van der Waals surface area contributed by atoms with Gasteiger partial charge in [-0.1, -0.05) is 0 Å². The van der Waals surface area contributed by atoms with Crippen molar-refractivity contribution in [3.8, 4) is 0 Å². The Kier molecular flexibility index (Phi) is 3.81. The average molecular weight is 253 g/mol. The van der Waals surface area contributed by atoms with Gasteiger partial charge in [-0.3, -0.25) is 4.57 Å². The third-order valence-corrected chi connectivity index (χ3v) is 3.35. The minimum absolute atomic E-state index is 0.0660. The van der Waals surface area contributed by atoms with E-state index in [2.05, 4.69) is 10.3 Å². The summed E-state index contributed by atoms with van der Waals surface area (Å²) in [6, 6.07) is 0. The number of rotatable bonds is 4. The predicted octanol–water partition coefficient (Wildman–Crippen LogP) is 0.764. The van der Waals surface area contributed by atoms with Gasteiger partial charge in [-0.25, -0.2) is 0 Å². The minimum Gasteiger partial charge on any atom is -0.358 e. The van der Waals surface area contributed by atoms with Gasteiger partial charge in [0.25, 0.3) is 0 Å². The molecule has 0 bridgehead atoms. The van der Waals surface area contributed by atoms with Gasteiger partial charge >= 0.3 is 5.82 Å². The van der Waals surface area contributed by atoms with E-state index in [-0.39, 0.29) is 5.82 Å². The van der Waals surface area contributed by atoms with Crippen LogP contribution in [-0.2, 0) is 7.05 Å². The van der Waals surface area contributed by atoms with Crippen molar-refractivity contribution in [1.82, 2.24) is 14.9 Å². The molecule has 2 heterocycles. The van der Waals surface area contributed by atoms with Gasteiger partial charge in [0, 0.05) is 20.6 Å². The molecule has 1 aliphatic rings. The van der Waals surface area contributed by atoms with Crippen LogP contribution < -0.4 is 10.2 Å². The van der Waals surface area contributed by atoms with Crippen LogP contribution in [0.15, 0.2) is 6.33 Å². The lowest BCUT2D eigenvalue weighted by Crippen LogP contribution is -2.37. The number of hydrogen-bond donors (Lipinski definition) is 1. The summed E-state index contributed by atoms with van der Waals surface area (Å²) in [5.74, 6) is 1.05. The first-order valence-electron chi connectivity index (χ1n) is 6.17. The molecule has 1 N–H and O–H groups in total. The van der Waals surface area contributed by atoms with Crippen LogP contribution in [-0.4, -0.2) is 41.2 Å². The molecular weight excluding hydrogens is 234 g/mol. The van der Waals surface area contributed by atoms with E-state index in [1.54, 1.807) is 11.6 Å². The maximum atomic E-state index is 10.9. The summed E-state index contributed by atoms with van der Waals surface area (Å²) in [5, 5.41) is 14.3. The van der Waals surface area contributed by atoms with E-state index in [9.17, 15) is 10.1 Å². The topological polar surface area (TPSA) is 76.2 Å². The molecule has 0 aromatic carbocycles. The maximum Gasteiger partial charge on any atom is 0.406 e. The van der Waals surface area contributed by atoms with Crippen molar-refractivity contribution in [1.29, 1.82) is 0 Å². The second-order valence-corrected chi connectivity index (χ2v) is 4.85. The number of anilines is 1. The van der Waals surface area contributed by atoms with E-state index in [4.69, 9.17) is 0 Å². The fourth-order valence-corrected chi connectivity index (χ4v) is 2.53. The molecular formula is C11H19N5O2. The molecule has 0 amide bonds. The Morgan fingerprint density at radius 3 is 3.11 bits per heavy atom. The smallest absolute Gasteiger partial charge is 0.358 e. The molecule has 1 fully saturated rings. The van der Waals surface area contributed by atoms with Gasteiger partial charge in [-0.2, -0.15) is 0 Å². The van der Waals surface area contributed by atoms with Gasteiger partial charge in [0.05, 0.1) is 0 Å². The molecule has 7 heteroatoms. The van der Waals surface area contributed by atoms with E-state index in [0.717, 1.165) is 19.6 Å². The van der Waals surface area contributed by atoms with Crippen molar-refractivity contribution in [3.63, 3.8) is 0 Å². The summed E-state index contributed by atoms with van der Waals surface area (Å²) in [7, 11) is 3.67. The molecule has 1 aliphatic heterocycles. The normalized spacial score (nSPS) is 19.8. The quantitative estimate of drug-likeness (QED) is 0.633. The number of nitrogens with zero attached hydrogens (tertiary/aromatic N) is 4. The van der Waals surface area contributed by atoms with Gasteiger partial charge < -0.3 is 20.3 Å². The zero-order valence-electron chi connectivity index (χ0n) is 10.8. The molecule has 1 aromatic heterocycles. The number of aromatic nitrogens is 2. The standard InChI is InChI=1S/C11H19N5O2/c1-14(7-9-4-3-5-12-6-9)11-10(16(17)18)13-8-15(11)2/h8-9,12H,3-7H2,1-2H3. The molecule has 1 saturated heterocycles. The molecule has 0 spiro atoms. The van der Waals surface area contributed by atoms with Gasteiger partial charge in [0.15, 0.2) is 0 Å². The second-order valence-electron chi connectivity index (χ2n) is 4.85. The van der Waals surface area contributed by atoms with Crippen molar-refractivity contribution >= 4 is 11.6 Å². The lowest BCUT2D eigenvalue weighted by Gasteiger charge is -2.28. The van der Waals surface area contributed by atoms with Crippen LogP contribution >= 0.6 is 0 Å². The van der Waals surface area contributed by atoms with Crippen LogP contribution in [0.3, 0.4) is 0 Å². The molecule has 1 aromatic rings. The first-order chi connectivity index (χ1) is 8.59. The highest BCUT2D eigenvalue weighted by atomic mass is 16.6. The van der Waals surface area contributed by atoms with Crippen LogP contribution in [0.5, 0.6) is 0 Å². The van der Waals surface area contributed by atoms with E-state index < -0.39 is 4.92 Å². The summed E-state index contributed by atoms with van der Waals surface area (Å²) in [6.45, 7) is 2.87. The van der Waals surface area contributed by atoms with Crippen molar-refractivity contribution in [2.75, 3.05) is 31.6 Å². The highest BCUT2D eigenvalue weighted by Gasteiger charge is 2.25. The third-order valence-electron chi connectivity index (χ3n) is 3.35. The number of hydrogen-bond acceptors (Lipinski definition) is 5. The van der Waals surface area contributed by atoms with Crippen LogP contribution in [0.2, 0.25) is 0 Å². The molecule has 18 heavy (non-hydrogen) atoms. The zero-order valence-corrected chi connectivity index (χ0v) is 10.8. The van der Waals surface area contributed by atoms with Gasteiger partial charge in [0.1, 0.15) is 0 Å². The van der Waals surface area contributed by atoms with Crippen molar-refractivity contribution < 1.29 is 4.92 Å². The molecule has 1 atom stereocenters. The van der Waals surface area contributed by atoms with Gasteiger partial charge in [-0.15, -0.1) is 0 Å². The largest absolute Gasteiger partial charge is 0.406 e. The third kappa shape index (κ3) is 2.61. The number of imidazole rings is 1. The fraction of sp³-hybridized carbons (Fsp3) is 0.727. The van der Waals surface area contributed by atoms with E-state index >= 15 is 0 Å². The SMILES string of the molecule is CN(CC1CCCNC1)c1c([N+](=O)[O-])ncn1C. The number of piperidine rings is 1. The van der Waals surface area contributed by atoms with Crippen LogP contribution in [0.25, 0.3) is 0 Å². The van der Waals surface area contributed by atoms with E-state index in [1.165, 1.54) is 19.2 Å². The van der Waals surface area contributed by atoms with Crippen LogP contribution in [0.4, 0.5) is 11.6 Å². The lowest BCUT2D eigenvalue weighted by atomic mass is 9.99. The predicted molar refractivity (Wildman–Crippen MR) is 68.7 cm³/mol. The maximum absolute atomic E-state index is 10.9. The first kappa shape index (κ1) is 12.8. The highest BCUT2D eigenvalue weighted by Crippen LogP contribution is 2.26. The second kappa shape index (κ2) is 5.34. The Hall–Kier alpha value is -1.63. The Labute approximate surface area is 106 Å². The van der Waals surface area contributed by atoms with Crippen molar-refractivity contribution in [2.45, 2.75) is 12.8 Å². The number of nitrogens with one attached hydrogen (secondary N) is 1. The number of nitro groups is 1. The van der Waals surface area contributed by atoms with Crippen molar-refractivity contribution in [2.24, 2.45) is 13.0 Å². The Balaban J connectivity index is 2.10. The zero-order chi connectivity index (χ0) is 13.1. The summed E-state index contributed by atoms with van der Waals surface area (Å²) in [6.07, 6.45) is 3.83. The monoisotopic (exact) mass is 253 g/mol. The summed E-state index contributed by atoms with van der Waals surface area (Å²) < 4.78 is 1.70. The van der Waals surface area contributed by atoms with E-state index in [1.807, 2.05) is 11.9 Å². The summed E-state index contributed by atoms with van der Waals surface area (Å²) in [5.41, 5.74) is 0. The molecule has 0 saturated carbocycles. The number of aryl methyl sites for hydroxylation is 1. The lowest BCUT2D eigenvalue weighted by molar-refractivity contribution is -0.388. The van der Waals surface area contributed by atoms with Crippen LogP contribution in [0.1, 0.15) is 12.8 Å². The Bertz CT molecular complexity index is 425. The van der Waals surface area contributed by atoms with Gasteiger partial charge in [0.2, 0.25) is 12.1 Å². The fourth-order valence-electron chi connectivity index (χ4n) is 2.53. The molecule has 2 rings (SSSR count). The molecule has 0 radical (unpaired) electrons. The highest BCUT2D eigenvalue weighted by molar-refractivity contribution is 5.53. The molecule has 7 nitrogen and oxygen atoms in total. The van der Waals surface area contributed by atoms with Crippen LogP contribution in [0, 0.1) is 16.0 Å². The molecule has 1 unspecified atom stereocenters.